The maximum absolute atomic E-state index is 12.7. The van der Waals surface area contributed by atoms with Crippen molar-refractivity contribution in [3.8, 4) is 5.75 Å². The number of hydrogen-bond donors (Lipinski definition) is 0. The maximum atomic E-state index is 12.7. The Morgan fingerprint density at radius 1 is 1.37 bits per heavy atom. The van der Waals surface area contributed by atoms with Crippen molar-refractivity contribution < 1.29 is 17.9 Å². The van der Waals surface area contributed by atoms with Crippen LogP contribution in [0, 0.1) is 0 Å². The minimum absolute atomic E-state index is 0.0494. The lowest BCUT2D eigenvalue weighted by Crippen LogP contribution is -2.08. The van der Waals surface area contributed by atoms with Crippen LogP contribution in [-0.4, -0.2) is 6.61 Å². The van der Waals surface area contributed by atoms with E-state index in [4.69, 9.17) is 4.74 Å². The van der Waals surface area contributed by atoms with Crippen molar-refractivity contribution in [2.45, 2.75) is 38.8 Å². The Hall–Kier alpha value is -1.45. The third-order valence-electron chi connectivity index (χ3n) is 2.85. The molecule has 106 valence electrons. The van der Waals surface area contributed by atoms with Crippen molar-refractivity contribution in [2.24, 2.45) is 0 Å². The van der Waals surface area contributed by atoms with Crippen LogP contribution in [0.4, 0.5) is 13.2 Å². The molecule has 0 spiro atoms. The fraction of sp³-hybridized carbons (Fsp3) is 0.467. The smallest absolute Gasteiger partial charge is 0.416 e. The molecule has 0 fully saturated rings. The highest BCUT2D eigenvalue weighted by Crippen LogP contribution is 2.36. The van der Waals surface area contributed by atoms with Crippen LogP contribution in [0.25, 0.3) is 0 Å². The van der Waals surface area contributed by atoms with Crippen LogP contribution < -0.4 is 4.74 Å². The third kappa shape index (κ3) is 4.30. The lowest BCUT2D eigenvalue weighted by atomic mass is 9.95. The van der Waals surface area contributed by atoms with Crippen molar-refractivity contribution in [1.29, 1.82) is 0 Å². The summed E-state index contributed by atoms with van der Waals surface area (Å²) < 4.78 is 43.7. The highest BCUT2D eigenvalue weighted by molar-refractivity contribution is 5.40. The zero-order valence-corrected chi connectivity index (χ0v) is 11.3. The predicted octanol–water partition coefficient (Wildman–Crippen LogP) is 5.17. The van der Waals surface area contributed by atoms with E-state index in [1.54, 1.807) is 6.08 Å². The highest BCUT2D eigenvalue weighted by atomic mass is 19.4. The second-order valence-electron chi connectivity index (χ2n) is 4.52. The summed E-state index contributed by atoms with van der Waals surface area (Å²) in [4.78, 5) is 0. The summed E-state index contributed by atoms with van der Waals surface area (Å²) in [6.45, 7) is 7.95. The van der Waals surface area contributed by atoms with E-state index in [-0.39, 0.29) is 5.92 Å². The number of hydrogen-bond acceptors (Lipinski definition) is 1. The third-order valence-corrected chi connectivity index (χ3v) is 2.85. The predicted molar refractivity (Wildman–Crippen MR) is 70.5 cm³/mol. The molecule has 0 aromatic heterocycles. The summed E-state index contributed by atoms with van der Waals surface area (Å²) in [5.41, 5.74) is -0.0505. The average molecular weight is 272 g/mol. The van der Waals surface area contributed by atoms with Gasteiger partial charge in [0.15, 0.2) is 0 Å². The summed E-state index contributed by atoms with van der Waals surface area (Å²) in [5.74, 6) is 0.482. The normalized spacial score (nSPS) is 13.1. The number of benzene rings is 1. The van der Waals surface area contributed by atoms with Gasteiger partial charge in [0.05, 0.1) is 12.2 Å². The quantitative estimate of drug-likeness (QED) is 0.649. The van der Waals surface area contributed by atoms with Crippen LogP contribution in [0.2, 0.25) is 0 Å². The number of allylic oxidation sites excluding steroid dienone is 1. The Labute approximate surface area is 112 Å². The molecule has 1 unspecified atom stereocenters. The molecule has 0 bridgehead atoms. The van der Waals surface area contributed by atoms with E-state index < -0.39 is 11.7 Å². The van der Waals surface area contributed by atoms with E-state index in [1.807, 2.05) is 13.8 Å². The minimum Gasteiger partial charge on any atom is -0.493 e. The molecular formula is C15H19F3O. The first-order valence-electron chi connectivity index (χ1n) is 6.35. The van der Waals surface area contributed by atoms with E-state index in [9.17, 15) is 13.2 Å². The Morgan fingerprint density at radius 3 is 2.58 bits per heavy atom. The molecule has 19 heavy (non-hydrogen) atoms. The highest BCUT2D eigenvalue weighted by Gasteiger charge is 2.31. The Bertz CT molecular complexity index is 424. The average Bonchev–Trinajstić information content (AvgIpc) is 2.35. The molecule has 0 N–H and O–H groups in total. The lowest BCUT2D eigenvalue weighted by molar-refractivity contribution is -0.137. The first kappa shape index (κ1) is 15.6. The van der Waals surface area contributed by atoms with Crippen molar-refractivity contribution in [3.05, 3.63) is 42.0 Å². The fourth-order valence-electron chi connectivity index (χ4n) is 1.83. The molecule has 1 atom stereocenters. The Morgan fingerprint density at radius 2 is 2.05 bits per heavy atom. The topological polar surface area (TPSA) is 9.23 Å². The largest absolute Gasteiger partial charge is 0.493 e. The van der Waals surface area contributed by atoms with E-state index in [0.29, 0.717) is 24.3 Å². The Balaban J connectivity index is 3.13. The van der Waals surface area contributed by atoms with Crippen LogP contribution in [0.3, 0.4) is 0 Å². The van der Waals surface area contributed by atoms with Crippen molar-refractivity contribution in [1.82, 2.24) is 0 Å². The van der Waals surface area contributed by atoms with Gasteiger partial charge in [-0.1, -0.05) is 19.9 Å². The van der Waals surface area contributed by atoms with Gasteiger partial charge < -0.3 is 4.74 Å². The molecule has 1 aromatic carbocycles. The molecule has 1 nitrogen and oxygen atoms in total. The summed E-state index contributed by atoms with van der Waals surface area (Å²) in [7, 11) is 0. The van der Waals surface area contributed by atoms with Crippen LogP contribution in [-0.2, 0) is 6.18 Å². The standard InChI is InChI=1S/C15H19F3O/c1-4-6-11(3)13-10-12(15(16,17)18)7-8-14(13)19-9-5-2/h4,7-8,10-11H,1,5-6,9H2,2-3H3. The van der Waals surface area contributed by atoms with Gasteiger partial charge in [0, 0.05) is 0 Å². The van der Waals surface area contributed by atoms with E-state index in [0.717, 1.165) is 12.5 Å². The van der Waals surface area contributed by atoms with Crippen molar-refractivity contribution in [3.63, 3.8) is 0 Å². The van der Waals surface area contributed by atoms with Gasteiger partial charge in [-0.3, -0.25) is 0 Å². The summed E-state index contributed by atoms with van der Waals surface area (Å²) in [5, 5.41) is 0. The summed E-state index contributed by atoms with van der Waals surface area (Å²) in [6.07, 6.45) is -1.19. The van der Waals surface area contributed by atoms with Crippen LogP contribution in [0.15, 0.2) is 30.9 Å². The van der Waals surface area contributed by atoms with Gasteiger partial charge in [0.25, 0.3) is 0 Å². The van der Waals surface area contributed by atoms with Gasteiger partial charge in [0.1, 0.15) is 5.75 Å². The molecule has 1 rings (SSSR count). The fourth-order valence-corrected chi connectivity index (χ4v) is 1.83. The van der Waals surface area contributed by atoms with Gasteiger partial charge in [-0.2, -0.15) is 13.2 Å². The summed E-state index contributed by atoms with van der Waals surface area (Å²) in [6, 6.07) is 3.65. The molecule has 0 aliphatic rings. The number of ether oxygens (including phenoxy) is 1. The molecule has 4 heteroatoms. The van der Waals surface area contributed by atoms with Gasteiger partial charge in [-0.25, -0.2) is 0 Å². The molecular weight excluding hydrogens is 253 g/mol. The molecule has 0 radical (unpaired) electrons. The molecule has 0 aliphatic heterocycles. The first-order chi connectivity index (χ1) is 8.90. The van der Waals surface area contributed by atoms with Crippen LogP contribution in [0.5, 0.6) is 5.75 Å². The van der Waals surface area contributed by atoms with Crippen molar-refractivity contribution in [2.75, 3.05) is 6.61 Å². The van der Waals surface area contributed by atoms with Gasteiger partial charge in [-0.05, 0) is 42.5 Å². The first-order valence-corrected chi connectivity index (χ1v) is 6.35. The van der Waals surface area contributed by atoms with E-state index in [1.165, 1.54) is 12.1 Å². The zero-order chi connectivity index (χ0) is 14.5. The van der Waals surface area contributed by atoms with Gasteiger partial charge in [0.2, 0.25) is 0 Å². The SMILES string of the molecule is C=CCC(C)c1cc(C(F)(F)F)ccc1OCCC. The molecule has 0 saturated heterocycles. The Kier molecular flexibility index (Phi) is 5.45. The lowest BCUT2D eigenvalue weighted by Gasteiger charge is -2.18. The molecule has 0 saturated carbocycles. The zero-order valence-electron chi connectivity index (χ0n) is 11.3. The summed E-state index contributed by atoms with van der Waals surface area (Å²) >= 11 is 0. The molecule has 0 amide bonds. The van der Waals surface area contributed by atoms with Crippen molar-refractivity contribution >= 4 is 0 Å². The second kappa shape index (κ2) is 6.64. The molecule has 0 heterocycles. The maximum Gasteiger partial charge on any atom is 0.416 e. The van der Waals surface area contributed by atoms with Gasteiger partial charge >= 0.3 is 6.18 Å². The minimum atomic E-state index is -4.33. The van der Waals surface area contributed by atoms with Gasteiger partial charge in [-0.15, -0.1) is 6.58 Å². The molecule has 1 aromatic rings. The molecule has 0 aliphatic carbocycles. The van der Waals surface area contributed by atoms with Crippen LogP contribution >= 0.6 is 0 Å². The van der Waals surface area contributed by atoms with E-state index >= 15 is 0 Å². The monoisotopic (exact) mass is 272 g/mol. The number of rotatable bonds is 6. The van der Waals surface area contributed by atoms with E-state index in [2.05, 4.69) is 6.58 Å². The number of halogens is 3. The number of alkyl halides is 3. The van der Waals surface area contributed by atoms with Crippen LogP contribution in [0.1, 0.15) is 43.7 Å². The second-order valence-corrected chi connectivity index (χ2v) is 4.52.